The summed E-state index contributed by atoms with van der Waals surface area (Å²) in [6.45, 7) is 14.4. The zero-order chi connectivity index (χ0) is 29.5. The van der Waals surface area contributed by atoms with Crippen molar-refractivity contribution in [2.75, 3.05) is 53.6 Å². The first-order valence-electron chi connectivity index (χ1n) is 14.9. The van der Waals surface area contributed by atoms with Gasteiger partial charge in [-0.3, -0.25) is 14.5 Å². The number of nitrogens with zero attached hydrogens (tertiary/aromatic N) is 2. The summed E-state index contributed by atoms with van der Waals surface area (Å²) in [6.07, 6.45) is 7.29. The minimum atomic E-state index is -0.826. The zero-order valence-corrected chi connectivity index (χ0v) is 25.8. The molecule has 0 unspecified atom stereocenters. The van der Waals surface area contributed by atoms with E-state index < -0.39 is 11.9 Å². The van der Waals surface area contributed by atoms with Gasteiger partial charge in [0.1, 0.15) is 0 Å². The van der Waals surface area contributed by atoms with Gasteiger partial charge in [-0.2, -0.15) is 0 Å². The molecule has 0 aliphatic carbocycles. The molecule has 2 heterocycles. The number of hydrogen-bond acceptors (Lipinski definition) is 5. The van der Waals surface area contributed by atoms with Crippen LogP contribution >= 0.6 is 0 Å². The van der Waals surface area contributed by atoms with Crippen LogP contribution in [0, 0.1) is 11.3 Å². The van der Waals surface area contributed by atoms with Crippen LogP contribution in [0.3, 0.4) is 0 Å². The van der Waals surface area contributed by atoms with Crippen molar-refractivity contribution in [3.8, 4) is 11.5 Å². The number of allylic oxidation sites excluding steroid dienone is 2. The van der Waals surface area contributed by atoms with Crippen LogP contribution in [0.25, 0.3) is 0 Å². The monoisotopic (exact) mass is 558 g/mol. The van der Waals surface area contributed by atoms with Crippen LogP contribution in [0.5, 0.6) is 11.5 Å². The lowest BCUT2D eigenvalue weighted by molar-refractivity contribution is -0.890. The number of likely N-dealkylation sites (tertiary alicyclic amines) is 1. The number of carbonyl (C=O) groups excluding carboxylic acids is 1. The average Bonchev–Trinajstić information content (AvgIpc) is 3.45. The molecule has 40 heavy (non-hydrogen) atoms. The normalized spacial score (nSPS) is 20.9. The summed E-state index contributed by atoms with van der Waals surface area (Å²) >= 11 is 0. The number of amides is 1. The number of rotatable bonds is 15. The highest BCUT2D eigenvalue weighted by Crippen LogP contribution is 2.45. The van der Waals surface area contributed by atoms with E-state index in [1.54, 1.807) is 0 Å². The standard InChI is InChI=1S/C32H51N3O5/c1-8-9-15-35(6,7)16-11-10-14-33-29(36)21-34-20-25(24-12-13-27-28(17-24)40-22-39-27)30(31(37)38)26(34)19-32(4,5)18-23(2)3/h12-13,17-18,25-26,30H,8-11,14-16,19-22H2,1-7H3,(H-,33,36,37,38)/p+1/t25-,26-,30+/m1/s1. The topological polar surface area (TPSA) is 88.1 Å². The number of unbranched alkanes of at least 4 members (excludes halogenated alkanes) is 2. The van der Waals surface area contributed by atoms with Crippen molar-refractivity contribution < 1.29 is 28.7 Å². The van der Waals surface area contributed by atoms with Gasteiger partial charge >= 0.3 is 5.97 Å². The number of hydrogen-bond donors (Lipinski definition) is 2. The molecule has 224 valence electrons. The van der Waals surface area contributed by atoms with Gasteiger partial charge in [-0.15, -0.1) is 0 Å². The molecule has 2 N–H and O–H groups in total. The lowest BCUT2D eigenvalue weighted by Crippen LogP contribution is -2.44. The van der Waals surface area contributed by atoms with Crippen molar-refractivity contribution >= 4 is 11.9 Å². The Morgan fingerprint density at radius 2 is 1.82 bits per heavy atom. The number of fused-ring (bicyclic) bond motifs is 1. The van der Waals surface area contributed by atoms with Gasteiger partial charge in [0, 0.05) is 25.0 Å². The second-order valence-electron chi connectivity index (χ2n) is 13.3. The molecule has 3 rings (SSSR count). The Morgan fingerprint density at radius 3 is 2.50 bits per heavy atom. The minimum Gasteiger partial charge on any atom is -0.481 e. The second kappa shape index (κ2) is 13.9. The highest BCUT2D eigenvalue weighted by molar-refractivity contribution is 5.79. The van der Waals surface area contributed by atoms with Gasteiger partial charge in [-0.05, 0) is 62.6 Å². The summed E-state index contributed by atoms with van der Waals surface area (Å²) in [5, 5.41) is 13.6. The van der Waals surface area contributed by atoms with Gasteiger partial charge in [0.05, 0.1) is 39.6 Å². The number of carbonyl (C=O) groups is 2. The van der Waals surface area contributed by atoms with Crippen LogP contribution in [0.1, 0.15) is 78.2 Å². The quantitative estimate of drug-likeness (QED) is 0.178. The molecule has 1 fully saturated rings. The number of quaternary nitrogens is 1. The van der Waals surface area contributed by atoms with Crippen LogP contribution in [0.4, 0.5) is 0 Å². The van der Waals surface area contributed by atoms with E-state index >= 15 is 0 Å². The number of ether oxygens (including phenoxy) is 2. The molecule has 3 atom stereocenters. The first-order chi connectivity index (χ1) is 18.8. The Balaban J connectivity index is 1.70. The fraction of sp³-hybridized carbons (Fsp3) is 0.688. The Hall–Kier alpha value is -2.58. The molecule has 0 spiro atoms. The predicted octanol–water partition coefficient (Wildman–Crippen LogP) is 5.04. The predicted molar refractivity (Wildman–Crippen MR) is 159 cm³/mol. The summed E-state index contributed by atoms with van der Waals surface area (Å²) in [7, 11) is 4.54. The maximum atomic E-state index is 13.1. The van der Waals surface area contributed by atoms with Crippen LogP contribution in [-0.2, 0) is 9.59 Å². The highest BCUT2D eigenvalue weighted by atomic mass is 16.7. The lowest BCUT2D eigenvalue weighted by Gasteiger charge is -2.33. The first kappa shape index (κ1) is 31.9. The highest BCUT2D eigenvalue weighted by Gasteiger charge is 2.48. The number of benzene rings is 1. The van der Waals surface area contributed by atoms with Crippen LogP contribution in [-0.4, -0.2) is 86.0 Å². The van der Waals surface area contributed by atoms with E-state index in [4.69, 9.17) is 9.47 Å². The molecule has 0 radical (unpaired) electrons. The summed E-state index contributed by atoms with van der Waals surface area (Å²) in [5.74, 6) is -0.432. The summed E-state index contributed by atoms with van der Waals surface area (Å²) in [6, 6.07) is 5.43. The van der Waals surface area contributed by atoms with Gasteiger partial charge in [0.2, 0.25) is 12.7 Å². The maximum Gasteiger partial charge on any atom is 0.308 e. The first-order valence-corrected chi connectivity index (χ1v) is 14.9. The third-order valence-corrected chi connectivity index (χ3v) is 8.25. The van der Waals surface area contributed by atoms with E-state index in [0.717, 1.165) is 29.4 Å². The molecule has 2 aliphatic rings. The van der Waals surface area contributed by atoms with E-state index in [-0.39, 0.29) is 36.6 Å². The van der Waals surface area contributed by atoms with Crippen molar-refractivity contribution in [2.24, 2.45) is 11.3 Å². The van der Waals surface area contributed by atoms with Gasteiger partial charge in [-0.1, -0.05) is 44.9 Å². The molecule has 8 nitrogen and oxygen atoms in total. The second-order valence-corrected chi connectivity index (χ2v) is 13.3. The van der Waals surface area contributed by atoms with Crippen molar-refractivity contribution in [1.29, 1.82) is 0 Å². The smallest absolute Gasteiger partial charge is 0.308 e. The fourth-order valence-corrected chi connectivity index (χ4v) is 6.44. The third kappa shape index (κ3) is 8.96. The molecule has 8 heteroatoms. The van der Waals surface area contributed by atoms with E-state index in [1.807, 2.05) is 18.2 Å². The number of carboxylic acids is 1. The Morgan fingerprint density at radius 1 is 1.12 bits per heavy atom. The molecular formula is C32H52N3O5+. The SMILES string of the molecule is CCCC[N+](C)(C)CCCCNC(=O)CN1C[C@H](c2ccc3c(c2)OCO3)[C@H](C(=O)O)[C@H]1CC(C)(C)C=C(C)C. The Labute approximate surface area is 241 Å². The summed E-state index contributed by atoms with van der Waals surface area (Å²) in [4.78, 5) is 28.0. The average molecular weight is 559 g/mol. The van der Waals surface area contributed by atoms with Crippen molar-refractivity contribution in [1.82, 2.24) is 10.2 Å². The molecule has 1 aromatic carbocycles. The maximum absolute atomic E-state index is 13.1. The number of aliphatic carboxylic acids is 1. The molecule has 1 aromatic rings. The molecule has 0 saturated carbocycles. The minimum absolute atomic E-state index is 0.0415. The van der Waals surface area contributed by atoms with E-state index in [9.17, 15) is 14.7 Å². The summed E-state index contributed by atoms with van der Waals surface area (Å²) in [5.41, 5.74) is 1.90. The summed E-state index contributed by atoms with van der Waals surface area (Å²) < 4.78 is 12.1. The molecule has 0 bridgehead atoms. The Kier molecular flexibility index (Phi) is 11.1. The van der Waals surface area contributed by atoms with Crippen molar-refractivity contribution in [2.45, 2.75) is 78.7 Å². The molecule has 1 saturated heterocycles. The Bertz CT molecular complexity index is 1050. The van der Waals surface area contributed by atoms with Gasteiger partial charge in [-0.25, -0.2) is 0 Å². The molecule has 1 amide bonds. The fourth-order valence-electron chi connectivity index (χ4n) is 6.44. The largest absolute Gasteiger partial charge is 0.481 e. The van der Waals surface area contributed by atoms with E-state index in [2.05, 4.69) is 65.0 Å². The zero-order valence-electron chi connectivity index (χ0n) is 25.8. The molecule has 0 aromatic heterocycles. The number of nitrogens with one attached hydrogen (secondary N) is 1. The van der Waals surface area contributed by atoms with Crippen molar-refractivity contribution in [3.63, 3.8) is 0 Å². The van der Waals surface area contributed by atoms with Crippen molar-refractivity contribution in [3.05, 3.63) is 35.4 Å². The van der Waals surface area contributed by atoms with Gasteiger partial charge in [0.25, 0.3) is 0 Å². The van der Waals surface area contributed by atoms with E-state index in [1.165, 1.54) is 25.0 Å². The van der Waals surface area contributed by atoms with Gasteiger partial charge < -0.3 is 24.4 Å². The molecular weight excluding hydrogens is 506 g/mol. The van der Waals surface area contributed by atoms with E-state index in [0.29, 0.717) is 31.0 Å². The third-order valence-electron chi connectivity index (χ3n) is 8.25. The van der Waals surface area contributed by atoms with Crippen LogP contribution < -0.4 is 14.8 Å². The van der Waals surface area contributed by atoms with Gasteiger partial charge in [0.15, 0.2) is 11.5 Å². The lowest BCUT2D eigenvalue weighted by atomic mass is 9.77. The molecule has 2 aliphatic heterocycles. The van der Waals surface area contributed by atoms with Crippen LogP contribution in [0.2, 0.25) is 0 Å². The number of carboxylic acid groups (broad SMARTS) is 1. The van der Waals surface area contributed by atoms with Crippen LogP contribution in [0.15, 0.2) is 29.8 Å².